The van der Waals surface area contributed by atoms with Crippen molar-refractivity contribution in [2.75, 3.05) is 34.5 Å². The Balaban J connectivity index is 2.53. The van der Waals surface area contributed by atoms with Crippen molar-refractivity contribution in [3.63, 3.8) is 0 Å². The van der Waals surface area contributed by atoms with Crippen LogP contribution < -0.4 is 10.9 Å². The van der Waals surface area contributed by atoms with Crippen LogP contribution in [-0.4, -0.2) is 55.5 Å². The monoisotopic (exact) mass is 385 g/mol. The zero-order valence-corrected chi connectivity index (χ0v) is 16.2. The van der Waals surface area contributed by atoms with Crippen molar-refractivity contribution in [2.45, 2.75) is 25.7 Å². The van der Waals surface area contributed by atoms with E-state index in [1.54, 1.807) is 24.6 Å². The molecule has 0 aliphatic carbocycles. The van der Waals surface area contributed by atoms with Crippen molar-refractivity contribution < 1.29 is 23.7 Å². The molecule has 0 radical (unpaired) electrons. The van der Waals surface area contributed by atoms with E-state index in [0.717, 1.165) is 0 Å². The summed E-state index contributed by atoms with van der Waals surface area (Å²) in [5, 5.41) is 2.50. The van der Waals surface area contributed by atoms with Crippen LogP contribution in [0.2, 0.25) is 0 Å². The molecule has 2 atom stereocenters. The molecular formula is C16H23N3O6S. The molecule has 1 amide bonds. The van der Waals surface area contributed by atoms with Gasteiger partial charge in [0.25, 0.3) is 5.56 Å². The van der Waals surface area contributed by atoms with Gasteiger partial charge in [0, 0.05) is 25.9 Å². The van der Waals surface area contributed by atoms with Crippen LogP contribution in [-0.2, 0) is 23.7 Å². The van der Waals surface area contributed by atoms with Crippen LogP contribution in [0.4, 0.5) is 0 Å². The molecule has 0 fully saturated rings. The number of nitrogens with zero attached hydrogens (tertiary/aromatic N) is 1. The highest BCUT2D eigenvalue weighted by atomic mass is 32.1. The molecule has 26 heavy (non-hydrogen) atoms. The third-order valence-electron chi connectivity index (χ3n) is 4.09. The second-order valence-electron chi connectivity index (χ2n) is 5.91. The number of hydrogen-bond acceptors (Lipinski definition) is 7. The number of carbonyl (C=O) groups is 1. The lowest BCUT2D eigenvalue weighted by Crippen LogP contribution is -2.42. The minimum absolute atomic E-state index is 0.147. The van der Waals surface area contributed by atoms with E-state index < -0.39 is 11.8 Å². The van der Waals surface area contributed by atoms with E-state index >= 15 is 0 Å². The predicted molar refractivity (Wildman–Crippen MR) is 95.1 cm³/mol. The molecule has 1 aliphatic rings. The Morgan fingerprint density at radius 2 is 2.19 bits per heavy atom. The number of rotatable bonds is 7. The number of H-pyrrole nitrogens is 1. The predicted octanol–water partition coefficient (Wildman–Crippen LogP) is 0.769. The van der Waals surface area contributed by atoms with E-state index in [0.29, 0.717) is 17.1 Å². The highest BCUT2D eigenvalue weighted by molar-refractivity contribution is 7.71. The number of hydrogen-bond donors (Lipinski definition) is 2. The van der Waals surface area contributed by atoms with Gasteiger partial charge in [-0.25, -0.2) is 0 Å². The number of methoxy groups -OCH3 is 2. The van der Waals surface area contributed by atoms with Crippen molar-refractivity contribution in [1.29, 1.82) is 0 Å². The smallest absolute Gasteiger partial charge is 0.254 e. The van der Waals surface area contributed by atoms with Crippen LogP contribution in [0, 0.1) is 11.7 Å². The maximum atomic E-state index is 11.8. The Bertz CT molecular complexity index is 830. The molecule has 0 aromatic carbocycles. The summed E-state index contributed by atoms with van der Waals surface area (Å²) in [6.45, 7) is 3.32. The van der Waals surface area contributed by atoms with Gasteiger partial charge in [-0.05, 0) is 26.1 Å². The molecule has 1 aromatic rings. The highest BCUT2D eigenvalue weighted by Crippen LogP contribution is 2.44. The molecule has 2 rings (SSSR count). The summed E-state index contributed by atoms with van der Waals surface area (Å²) >= 11 is 5.28. The lowest BCUT2D eigenvalue weighted by atomic mass is 10.0. The van der Waals surface area contributed by atoms with E-state index in [4.69, 9.17) is 31.2 Å². The lowest BCUT2D eigenvalue weighted by Gasteiger charge is -2.32. The number of aromatic amines is 1. The van der Waals surface area contributed by atoms with Gasteiger partial charge >= 0.3 is 0 Å². The minimum atomic E-state index is -1.17. The minimum Gasteiger partial charge on any atom is -0.494 e. The normalized spacial score (nSPS) is 22.3. The summed E-state index contributed by atoms with van der Waals surface area (Å²) < 4.78 is 24.3. The Morgan fingerprint density at radius 3 is 2.77 bits per heavy atom. The molecule has 2 heterocycles. The Labute approximate surface area is 155 Å². The molecular weight excluding hydrogens is 362 g/mol. The van der Waals surface area contributed by atoms with Crippen molar-refractivity contribution in [3.8, 4) is 0 Å². The molecule has 1 aromatic heterocycles. The molecule has 10 heteroatoms. The summed E-state index contributed by atoms with van der Waals surface area (Å²) in [6, 6.07) is 0. The second-order valence-corrected chi connectivity index (χ2v) is 6.29. The first-order valence-electron chi connectivity index (χ1n) is 7.88. The second kappa shape index (κ2) is 8.02. The summed E-state index contributed by atoms with van der Waals surface area (Å²) in [4.78, 5) is 26.1. The highest BCUT2D eigenvalue weighted by Gasteiger charge is 2.51. The number of aromatic nitrogens is 2. The van der Waals surface area contributed by atoms with Crippen LogP contribution >= 0.6 is 12.2 Å². The summed E-state index contributed by atoms with van der Waals surface area (Å²) in [5.41, 5.74) is -0.998. The van der Waals surface area contributed by atoms with Gasteiger partial charge in [-0.15, -0.1) is 0 Å². The number of aryl methyl sites for hydroxylation is 1. The molecule has 2 N–H and O–H groups in total. The molecule has 1 aliphatic heterocycles. The van der Waals surface area contributed by atoms with Crippen molar-refractivity contribution in [2.24, 2.45) is 0 Å². The van der Waals surface area contributed by atoms with Gasteiger partial charge in [-0.2, -0.15) is 0 Å². The first-order chi connectivity index (χ1) is 12.3. The first-order valence-corrected chi connectivity index (χ1v) is 8.29. The number of carbonyl (C=O) groups excluding carboxylic acids is 1. The molecule has 0 bridgehead atoms. The van der Waals surface area contributed by atoms with Crippen molar-refractivity contribution in [1.82, 2.24) is 14.9 Å². The first kappa shape index (κ1) is 20.1. The Kier molecular flexibility index (Phi) is 6.21. The molecule has 1 unspecified atom stereocenters. The standard InChI is InChI=1S/C16H23N3O6S/c1-9-6-19(15(26)18-13(9)21)14-16(2,24-8-11(20)17-3)12(23-5)10(25-14)7-22-4/h6,14H,7-8H2,1-5H3,(H,17,20)(H,18,21,26)/t14-,16?/m1/s1. The summed E-state index contributed by atoms with van der Waals surface area (Å²) in [6.07, 6.45) is 0.784. The van der Waals surface area contributed by atoms with Gasteiger partial charge in [0.1, 0.15) is 13.2 Å². The van der Waals surface area contributed by atoms with Crippen LogP contribution in [0.5, 0.6) is 0 Å². The Morgan fingerprint density at radius 1 is 1.50 bits per heavy atom. The quantitative estimate of drug-likeness (QED) is 0.668. The van der Waals surface area contributed by atoms with Crippen molar-refractivity contribution in [3.05, 3.63) is 38.4 Å². The van der Waals surface area contributed by atoms with Gasteiger partial charge in [0.15, 0.2) is 21.9 Å². The third-order valence-corrected chi connectivity index (χ3v) is 4.40. The number of likely N-dealkylation sites (N-methyl/N-ethyl adjacent to an activating group) is 1. The fraction of sp³-hybridized carbons (Fsp3) is 0.562. The lowest BCUT2D eigenvalue weighted by molar-refractivity contribution is -0.146. The fourth-order valence-corrected chi connectivity index (χ4v) is 2.98. The third kappa shape index (κ3) is 3.67. The molecule has 9 nitrogen and oxygen atoms in total. The van der Waals surface area contributed by atoms with Crippen LogP contribution in [0.15, 0.2) is 22.5 Å². The summed E-state index contributed by atoms with van der Waals surface area (Å²) in [7, 11) is 4.52. The van der Waals surface area contributed by atoms with E-state index in [1.807, 2.05) is 0 Å². The van der Waals surface area contributed by atoms with Gasteiger partial charge in [-0.3, -0.25) is 19.1 Å². The molecule has 0 saturated carbocycles. The fourth-order valence-electron chi connectivity index (χ4n) is 2.74. The van der Waals surface area contributed by atoms with Crippen LogP contribution in [0.1, 0.15) is 18.7 Å². The van der Waals surface area contributed by atoms with Gasteiger partial charge < -0.3 is 24.3 Å². The largest absolute Gasteiger partial charge is 0.494 e. The topological polar surface area (TPSA) is 104 Å². The number of ether oxygens (including phenoxy) is 4. The van der Waals surface area contributed by atoms with Crippen molar-refractivity contribution >= 4 is 18.1 Å². The van der Waals surface area contributed by atoms with Crippen LogP contribution in [0.25, 0.3) is 0 Å². The molecule has 0 saturated heterocycles. The maximum Gasteiger partial charge on any atom is 0.254 e. The zero-order chi connectivity index (χ0) is 19.5. The SMILES string of the molecule is CNC(=O)COC1(C)C(OC)=C(COC)O[C@H]1n1cc(C)c(=O)[nH]c1=S. The maximum absolute atomic E-state index is 11.8. The average molecular weight is 385 g/mol. The van der Waals surface area contributed by atoms with Crippen LogP contribution in [0.3, 0.4) is 0 Å². The Hall–Kier alpha value is -2.17. The van der Waals surface area contributed by atoms with Gasteiger partial charge in [0.05, 0.1) is 7.11 Å². The summed E-state index contributed by atoms with van der Waals surface area (Å²) in [5.74, 6) is 0.506. The van der Waals surface area contributed by atoms with E-state index in [9.17, 15) is 9.59 Å². The average Bonchev–Trinajstić information content (AvgIpc) is 2.88. The van der Waals surface area contributed by atoms with E-state index in [1.165, 1.54) is 21.3 Å². The molecule has 0 spiro atoms. The molecule has 144 valence electrons. The van der Waals surface area contributed by atoms with E-state index in [-0.39, 0.29) is 29.5 Å². The number of nitrogens with one attached hydrogen (secondary N) is 2. The number of amides is 1. The van der Waals surface area contributed by atoms with E-state index in [2.05, 4.69) is 10.3 Å². The zero-order valence-electron chi connectivity index (χ0n) is 15.4. The van der Waals surface area contributed by atoms with Gasteiger partial charge in [-0.1, -0.05) is 0 Å². The van der Waals surface area contributed by atoms with Gasteiger partial charge in [0.2, 0.25) is 12.1 Å².